The van der Waals surface area contributed by atoms with E-state index >= 15 is 0 Å². The van der Waals surface area contributed by atoms with Crippen LogP contribution in [0.2, 0.25) is 19.6 Å². The van der Waals surface area contributed by atoms with Crippen molar-refractivity contribution in [1.82, 2.24) is 0 Å². The molecule has 4 nitrogen and oxygen atoms in total. The Morgan fingerprint density at radius 1 is 1.25 bits per heavy atom. The quantitative estimate of drug-likeness (QED) is 0.237. The molecule has 0 amide bonds. The molecule has 0 saturated heterocycles. The van der Waals surface area contributed by atoms with Crippen molar-refractivity contribution in [1.29, 1.82) is 0 Å². The lowest BCUT2D eigenvalue weighted by atomic mass is 10.1. The molecule has 0 fully saturated rings. The van der Waals surface area contributed by atoms with Gasteiger partial charge in [0.15, 0.2) is 20.4 Å². The molecule has 0 spiro atoms. The lowest BCUT2D eigenvalue weighted by Crippen LogP contribution is -2.40. The molecule has 0 aromatic heterocycles. The van der Waals surface area contributed by atoms with Crippen LogP contribution in [0.15, 0.2) is 5.76 Å². The minimum Gasteiger partial charge on any atom is -0.488 e. The van der Waals surface area contributed by atoms with Gasteiger partial charge < -0.3 is 13.9 Å². The van der Waals surface area contributed by atoms with Crippen molar-refractivity contribution in [2.45, 2.75) is 44.7 Å². The Balaban J connectivity index is 5.20. The summed E-state index contributed by atoms with van der Waals surface area (Å²) in [5, 5.41) is 0. The number of carbonyl (C=O) groups excluding carboxylic acids is 1. The van der Waals surface area contributed by atoms with Gasteiger partial charge in [-0.3, -0.25) is 0 Å². The summed E-state index contributed by atoms with van der Waals surface area (Å²) in [5.41, 5.74) is 0. The number of rotatable bonds is 7. The van der Waals surface area contributed by atoms with Crippen molar-refractivity contribution >= 4 is 14.3 Å². The number of hydrogen-bond donors (Lipinski definition) is 0. The van der Waals surface area contributed by atoms with E-state index in [9.17, 15) is 4.79 Å². The van der Waals surface area contributed by atoms with Crippen LogP contribution in [0.5, 0.6) is 0 Å². The van der Waals surface area contributed by atoms with Crippen molar-refractivity contribution in [2.75, 3.05) is 14.2 Å². The zero-order valence-corrected chi connectivity index (χ0v) is 13.8. The van der Waals surface area contributed by atoms with Gasteiger partial charge >= 0.3 is 0 Å². The van der Waals surface area contributed by atoms with Gasteiger partial charge in [-0.15, -0.1) is 12.3 Å². The second kappa shape index (κ2) is 9.42. The maximum absolute atomic E-state index is 10.9. The van der Waals surface area contributed by atoms with Gasteiger partial charge in [0.05, 0.1) is 7.11 Å². The van der Waals surface area contributed by atoms with Crippen molar-refractivity contribution in [2.24, 2.45) is 0 Å². The lowest BCUT2D eigenvalue weighted by Gasteiger charge is -2.28. The van der Waals surface area contributed by atoms with Gasteiger partial charge in [0.25, 0.3) is 0 Å². The first-order valence-corrected chi connectivity index (χ1v) is 9.71. The highest BCUT2D eigenvalue weighted by atomic mass is 28.4. The smallest absolute Gasteiger partial charge is 0.212 e. The predicted molar refractivity (Wildman–Crippen MR) is 81.1 cm³/mol. The summed E-state index contributed by atoms with van der Waals surface area (Å²) >= 11 is 0. The monoisotopic (exact) mass is 294 g/mol. The topological polar surface area (TPSA) is 44.8 Å². The van der Waals surface area contributed by atoms with Crippen LogP contribution < -0.4 is 0 Å². The summed E-state index contributed by atoms with van der Waals surface area (Å²) in [6.45, 7) is 6.10. The van der Waals surface area contributed by atoms with Crippen LogP contribution in [-0.4, -0.2) is 40.7 Å². The lowest BCUT2D eigenvalue weighted by molar-refractivity contribution is 0.0168. The van der Waals surface area contributed by atoms with Crippen molar-refractivity contribution in [3.05, 3.63) is 5.76 Å². The Morgan fingerprint density at radius 3 is 2.30 bits per heavy atom. The largest absolute Gasteiger partial charge is 0.488 e. The third-order valence-electron chi connectivity index (χ3n) is 2.23. The van der Waals surface area contributed by atoms with Gasteiger partial charge in [-0.05, 0) is 19.6 Å². The van der Waals surface area contributed by atoms with Crippen LogP contribution in [0, 0.1) is 24.2 Å². The van der Waals surface area contributed by atoms with Gasteiger partial charge in [-0.1, -0.05) is 11.8 Å². The Morgan fingerprint density at radius 2 is 1.90 bits per heavy atom. The van der Waals surface area contributed by atoms with E-state index in [0.29, 0.717) is 12.8 Å². The first-order valence-electron chi connectivity index (χ1n) is 6.31. The molecule has 5 heteroatoms. The molecule has 0 heterocycles. The number of methoxy groups -OCH3 is 2. The van der Waals surface area contributed by atoms with E-state index in [-0.39, 0.29) is 5.76 Å². The van der Waals surface area contributed by atoms with Crippen LogP contribution in [0.25, 0.3) is 0 Å². The molecular formula is C15H22O4Si. The molecule has 20 heavy (non-hydrogen) atoms. The van der Waals surface area contributed by atoms with Gasteiger partial charge in [0.2, 0.25) is 5.76 Å². The average Bonchev–Trinajstić information content (AvgIpc) is 2.38. The fourth-order valence-corrected chi connectivity index (χ4v) is 2.38. The summed E-state index contributed by atoms with van der Waals surface area (Å²) in [5.74, 6) is 10.2. The summed E-state index contributed by atoms with van der Waals surface area (Å²) in [4.78, 5) is 10.9. The van der Waals surface area contributed by atoms with Gasteiger partial charge in [0, 0.05) is 20.0 Å². The van der Waals surface area contributed by atoms with Gasteiger partial charge in [-0.25, -0.2) is 4.79 Å². The first kappa shape index (κ1) is 18.5. The maximum atomic E-state index is 10.9. The third kappa shape index (κ3) is 7.18. The summed E-state index contributed by atoms with van der Waals surface area (Å²) in [7, 11) is 1.01. The molecular weight excluding hydrogens is 272 g/mol. The van der Waals surface area contributed by atoms with E-state index in [2.05, 4.69) is 17.8 Å². The SMILES string of the molecule is C#CCCC#CC(O[Si](C)(C)C)C(OC)C(=C=O)OC. The molecule has 2 atom stereocenters. The van der Waals surface area contributed by atoms with Crippen molar-refractivity contribution in [3.8, 4) is 24.2 Å². The van der Waals surface area contributed by atoms with E-state index in [0.717, 1.165) is 0 Å². The molecule has 0 rings (SSSR count). The number of hydrogen-bond acceptors (Lipinski definition) is 4. The molecule has 2 unspecified atom stereocenters. The second-order valence-corrected chi connectivity index (χ2v) is 9.46. The summed E-state index contributed by atoms with van der Waals surface area (Å²) < 4.78 is 16.2. The molecule has 0 saturated carbocycles. The van der Waals surface area contributed by atoms with E-state index in [1.807, 2.05) is 19.6 Å². The van der Waals surface area contributed by atoms with Gasteiger partial charge in [0.1, 0.15) is 6.10 Å². The van der Waals surface area contributed by atoms with Crippen LogP contribution in [0.3, 0.4) is 0 Å². The third-order valence-corrected chi connectivity index (χ3v) is 3.19. The highest BCUT2D eigenvalue weighted by Crippen LogP contribution is 2.17. The Kier molecular flexibility index (Phi) is 8.71. The summed E-state index contributed by atoms with van der Waals surface area (Å²) in [6, 6.07) is 0. The van der Waals surface area contributed by atoms with Crippen LogP contribution in [0.4, 0.5) is 0 Å². The summed E-state index contributed by atoms with van der Waals surface area (Å²) in [6.07, 6.45) is 5.07. The fraction of sp³-hybridized carbons (Fsp3) is 0.600. The number of ether oxygens (including phenoxy) is 2. The van der Waals surface area contributed by atoms with Crippen LogP contribution >= 0.6 is 0 Å². The molecule has 0 radical (unpaired) electrons. The van der Waals surface area contributed by atoms with Crippen molar-refractivity contribution in [3.63, 3.8) is 0 Å². The first-order chi connectivity index (χ1) is 9.39. The average molecular weight is 294 g/mol. The number of terminal acetylenes is 1. The standard InChI is InChI=1S/C15H22O4Si/c1-7-8-9-10-11-13(19-20(4,5)6)15(18-3)14(12-16)17-2/h1,13,15H,8-9H2,2-6H3. The zero-order chi connectivity index (χ0) is 15.6. The van der Waals surface area contributed by atoms with Crippen LogP contribution in [-0.2, 0) is 18.7 Å². The van der Waals surface area contributed by atoms with Crippen molar-refractivity contribution < 1.29 is 18.7 Å². The van der Waals surface area contributed by atoms with Gasteiger partial charge in [-0.2, -0.15) is 0 Å². The van der Waals surface area contributed by atoms with E-state index in [4.69, 9.17) is 20.3 Å². The van der Waals surface area contributed by atoms with E-state index < -0.39 is 20.5 Å². The molecule has 110 valence electrons. The minimum absolute atomic E-state index is 0.0435. The molecule has 0 aromatic carbocycles. The van der Waals surface area contributed by atoms with Crippen LogP contribution in [0.1, 0.15) is 12.8 Å². The van der Waals surface area contributed by atoms with E-state index in [1.54, 1.807) is 5.94 Å². The normalized spacial score (nSPS) is 13.2. The minimum atomic E-state index is -1.86. The molecule has 0 bridgehead atoms. The molecule has 0 aliphatic carbocycles. The highest BCUT2D eigenvalue weighted by Gasteiger charge is 2.31. The Labute approximate surface area is 122 Å². The fourth-order valence-electron chi connectivity index (χ4n) is 1.44. The second-order valence-electron chi connectivity index (χ2n) is 5.00. The molecule has 0 aliphatic heterocycles. The van der Waals surface area contributed by atoms with E-state index in [1.165, 1.54) is 14.2 Å². The highest BCUT2D eigenvalue weighted by molar-refractivity contribution is 6.69. The zero-order valence-electron chi connectivity index (χ0n) is 12.8. The predicted octanol–water partition coefficient (Wildman–Crippen LogP) is 2.00. The maximum Gasteiger partial charge on any atom is 0.212 e. The number of unbranched alkanes of at least 4 members (excludes halogenated alkanes) is 1. The molecule has 0 aliphatic rings. The molecule has 0 N–H and O–H groups in total. The Hall–Kier alpha value is -1.49. The molecule has 0 aromatic rings. The Bertz CT molecular complexity index is 441.